The van der Waals surface area contributed by atoms with Gasteiger partial charge in [-0.2, -0.15) is 0 Å². The number of fused-ring (bicyclic) bond motifs is 1. The normalized spacial score (nSPS) is 16.8. The summed E-state index contributed by atoms with van der Waals surface area (Å²) in [6.45, 7) is 0.486. The van der Waals surface area contributed by atoms with Crippen molar-refractivity contribution in [3.8, 4) is 0 Å². The maximum Gasteiger partial charge on any atom is 0.312 e. The van der Waals surface area contributed by atoms with E-state index in [-0.39, 0.29) is 5.78 Å². The Morgan fingerprint density at radius 2 is 1.95 bits per heavy atom. The third-order valence-electron chi connectivity index (χ3n) is 3.70. The molecule has 1 aromatic carbocycles. The zero-order chi connectivity index (χ0) is 15.1. The molecule has 0 saturated heterocycles. The molecular formula is C15H11BrFNO3. The van der Waals surface area contributed by atoms with Crippen LogP contribution in [0.15, 0.2) is 34.8 Å². The fourth-order valence-corrected chi connectivity index (χ4v) is 3.32. The molecule has 0 bridgehead atoms. The molecule has 1 aliphatic rings. The van der Waals surface area contributed by atoms with Gasteiger partial charge in [-0.15, -0.1) is 0 Å². The largest absolute Gasteiger partial charge is 0.481 e. The lowest BCUT2D eigenvalue weighted by Crippen LogP contribution is -2.10. The molecule has 108 valence electrons. The minimum Gasteiger partial charge on any atom is -0.481 e. The first-order valence-corrected chi connectivity index (χ1v) is 7.20. The van der Waals surface area contributed by atoms with E-state index < -0.39 is 17.7 Å². The second-order valence-corrected chi connectivity index (χ2v) is 5.79. The number of carbonyl (C=O) groups excluding carboxylic acids is 1. The van der Waals surface area contributed by atoms with Gasteiger partial charge < -0.3 is 9.67 Å². The van der Waals surface area contributed by atoms with E-state index in [1.54, 1.807) is 10.6 Å². The van der Waals surface area contributed by atoms with Gasteiger partial charge in [0.15, 0.2) is 0 Å². The molecule has 1 atom stereocenters. The van der Waals surface area contributed by atoms with E-state index in [1.165, 1.54) is 24.3 Å². The van der Waals surface area contributed by atoms with Crippen LogP contribution in [0.3, 0.4) is 0 Å². The monoisotopic (exact) mass is 351 g/mol. The van der Waals surface area contributed by atoms with Crippen molar-refractivity contribution in [2.45, 2.75) is 18.9 Å². The van der Waals surface area contributed by atoms with Gasteiger partial charge in [-0.05, 0) is 52.7 Å². The molecule has 6 heteroatoms. The van der Waals surface area contributed by atoms with Crippen molar-refractivity contribution in [1.82, 2.24) is 4.57 Å². The second kappa shape index (κ2) is 5.11. The summed E-state index contributed by atoms with van der Waals surface area (Å²) >= 11 is 3.32. The Hall–Kier alpha value is -1.95. The van der Waals surface area contributed by atoms with Gasteiger partial charge >= 0.3 is 5.97 Å². The van der Waals surface area contributed by atoms with E-state index in [9.17, 15) is 19.1 Å². The molecule has 0 radical (unpaired) electrons. The first kappa shape index (κ1) is 14.0. The van der Waals surface area contributed by atoms with Crippen molar-refractivity contribution in [3.63, 3.8) is 0 Å². The van der Waals surface area contributed by atoms with Crippen molar-refractivity contribution in [1.29, 1.82) is 0 Å². The summed E-state index contributed by atoms with van der Waals surface area (Å²) in [7, 11) is 0. The van der Waals surface area contributed by atoms with Crippen molar-refractivity contribution in [2.75, 3.05) is 0 Å². The van der Waals surface area contributed by atoms with Crippen molar-refractivity contribution in [2.24, 2.45) is 0 Å². The van der Waals surface area contributed by atoms with Gasteiger partial charge in [0.05, 0.1) is 5.92 Å². The Balaban J connectivity index is 2.04. The third-order valence-corrected chi connectivity index (χ3v) is 4.30. The van der Waals surface area contributed by atoms with Crippen LogP contribution in [-0.4, -0.2) is 21.4 Å². The lowest BCUT2D eigenvalue weighted by molar-refractivity contribution is -0.138. The molecule has 1 unspecified atom stereocenters. The highest BCUT2D eigenvalue weighted by Crippen LogP contribution is 2.36. The zero-order valence-corrected chi connectivity index (χ0v) is 12.4. The maximum atomic E-state index is 12.9. The number of aromatic nitrogens is 1. The maximum absolute atomic E-state index is 12.9. The average Bonchev–Trinajstić information content (AvgIpc) is 2.96. The summed E-state index contributed by atoms with van der Waals surface area (Å²) in [6.07, 6.45) is 0.474. The van der Waals surface area contributed by atoms with Crippen LogP contribution in [-0.2, 0) is 11.3 Å². The number of hydrogen-bond donors (Lipinski definition) is 1. The summed E-state index contributed by atoms with van der Waals surface area (Å²) in [6, 6.07) is 6.99. The van der Waals surface area contributed by atoms with Gasteiger partial charge in [-0.3, -0.25) is 9.59 Å². The highest BCUT2D eigenvalue weighted by atomic mass is 79.9. The van der Waals surface area contributed by atoms with E-state index in [0.29, 0.717) is 34.4 Å². The quantitative estimate of drug-likeness (QED) is 0.864. The minimum absolute atomic E-state index is 0.251. The number of carbonyl (C=O) groups is 2. The fourth-order valence-electron chi connectivity index (χ4n) is 2.69. The van der Waals surface area contributed by atoms with Gasteiger partial charge in [-0.1, -0.05) is 0 Å². The van der Waals surface area contributed by atoms with Crippen LogP contribution in [0.5, 0.6) is 0 Å². The van der Waals surface area contributed by atoms with Crippen LogP contribution in [0.1, 0.15) is 34.1 Å². The van der Waals surface area contributed by atoms with Gasteiger partial charge in [-0.25, -0.2) is 4.39 Å². The van der Waals surface area contributed by atoms with Crippen molar-refractivity contribution < 1.29 is 19.1 Å². The molecule has 0 spiro atoms. The van der Waals surface area contributed by atoms with Gasteiger partial charge in [0.1, 0.15) is 11.5 Å². The predicted octanol–water partition coefficient (Wildman–Crippen LogP) is 3.19. The number of ketones is 1. The SMILES string of the molecule is O=C(c1ccc(F)cc1)c1c(Br)cc2n1CCC2C(=O)O. The minimum atomic E-state index is -0.889. The molecule has 1 aromatic heterocycles. The Labute approximate surface area is 128 Å². The molecule has 1 aliphatic heterocycles. The van der Waals surface area contributed by atoms with Crippen LogP contribution in [0.4, 0.5) is 4.39 Å². The first-order chi connectivity index (χ1) is 9.99. The number of nitrogens with zero attached hydrogens (tertiary/aromatic N) is 1. The molecule has 4 nitrogen and oxygen atoms in total. The topological polar surface area (TPSA) is 59.3 Å². The van der Waals surface area contributed by atoms with Crippen LogP contribution in [0.2, 0.25) is 0 Å². The predicted molar refractivity (Wildman–Crippen MR) is 77.0 cm³/mol. The van der Waals surface area contributed by atoms with Crippen molar-refractivity contribution in [3.05, 3.63) is 57.6 Å². The third kappa shape index (κ3) is 2.29. The first-order valence-electron chi connectivity index (χ1n) is 6.41. The number of rotatable bonds is 3. The summed E-state index contributed by atoms with van der Waals surface area (Å²) in [5.41, 5.74) is 1.41. The van der Waals surface area contributed by atoms with Crippen LogP contribution in [0, 0.1) is 5.82 Å². The van der Waals surface area contributed by atoms with E-state index in [2.05, 4.69) is 15.9 Å². The lowest BCUT2D eigenvalue weighted by Gasteiger charge is -2.06. The number of aliphatic carboxylic acids is 1. The molecule has 1 N–H and O–H groups in total. The highest BCUT2D eigenvalue weighted by Gasteiger charge is 2.33. The molecule has 3 rings (SSSR count). The summed E-state index contributed by atoms with van der Waals surface area (Å²) in [5.74, 6) is -2.13. The number of benzene rings is 1. The lowest BCUT2D eigenvalue weighted by atomic mass is 10.1. The van der Waals surface area contributed by atoms with Gasteiger partial charge in [0.2, 0.25) is 5.78 Å². The van der Waals surface area contributed by atoms with Gasteiger partial charge in [0, 0.05) is 22.3 Å². The summed E-state index contributed by atoms with van der Waals surface area (Å²) < 4.78 is 15.2. The Kier molecular flexibility index (Phi) is 3.41. The van der Waals surface area contributed by atoms with E-state index in [4.69, 9.17) is 0 Å². The number of hydrogen-bond acceptors (Lipinski definition) is 2. The molecule has 21 heavy (non-hydrogen) atoms. The summed E-state index contributed by atoms with van der Waals surface area (Å²) in [5, 5.41) is 9.19. The number of carboxylic acids is 1. The van der Waals surface area contributed by atoms with E-state index in [1.807, 2.05) is 0 Å². The molecule has 0 amide bonds. The van der Waals surface area contributed by atoms with E-state index in [0.717, 1.165) is 0 Å². The standard InChI is InChI=1S/C15H11BrFNO3/c16-11-7-12-10(15(20)21)5-6-18(12)13(11)14(19)8-1-3-9(17)4-2-8/h1-4,7,10H,5-6H2,(H,20,21). The smallest absolute Gasteiger partial charge is 0.312 e. The molecule has 0 aliphatic carbocycles. The molecular weight excluding hydrogens is 341 g/mol. The average molecular weight is 352 g/mol. The Morgan fingerprint density at radius 1 is 1.29 bits per heavy atom. The van der Waals surface area contributed by atoms with E-state index >= 15 is 0 Å². The number of carboxylic acid groups (broad SMARTS) is 1. The van der Waals surface area contributed by atoms with Crippen LogP contribution < -0.4 is 0 Å². The van der Waals surface area contributed by atoms with Crippen LogP contribution >= 0.6 is 15.9 Å². The highest BCUT2D eigenvalue weighted by molar-refractivity contribution is 9.10. The molecule has 0 fully saturated rings. The zero-order valence-electron chi connectivity index (χ0n) is 10.8. The van der Waals surface area contributed by atoms with Crippen LogP contribution in [0.25, 0.3) is 0 Å². The molecule has 0 saturated carbocycles. The number of halogens is 2. The molecule has 2 heterocycles. The second-order valence-electron chi connectivity index (χ2n) is 4.93. The van der Waals surface area contributed by atoms with Crippen molar-refractivity contribution >= 4 is 27.7 Å². The summed E-state index contributed by atoms with van der Waals surface area (Å²) in [4.78, 5) is 23.8. The Morgan fingerprint density at radius 3 is 2.57 bits per heavy atom. The molecule has 2 aromatic rings. The Bertz CT molecular complexity index is 736. The fraction of sp³-hybridized carbons (Fsp3) is 0.200. The van der Waals surface area contributed by atoms with Gasteiger partial charge in [0.25, 0.3) is 0 Å².